The molecule has 1 heterocycles. The molecule has 7 nitrogen and oxygen atoms in total. The topological polar surface area (TPSA) is 60.5 Å². The van der Waals surface area contributed by atoms with E-state index in [0.29, 0.717) is 22.8 Å². The van der Waals surface area contributed by atoms with Gasteiger partial charge in [-0.3, -0.25) is 4.90 Å². The number of methoxy groups -OCH3 is 3. The van der Waals surface area contributed by atoms with Crippen LogP contribution >= 0.6 is 0 Å². The fraction of sp³-hybridized carbons (Fsp3) is 0.435. The first-order chi connectivity index (χ1) is 14.4. The van der Waals surface area contributed by atoms with Crippen molar-refractivity contribution in [3.8, 4) is 17.2 Å². The zero-order valence-corrected chi connectivity index (χ0v) is 18.5. The first-order valence-corrected chi connectivity index (χ1v) is 9.83. The Morgan fingerprint density at radius 3 is 2.27 bits per heavy atom. The standard InChI is InChI=1S/C23H30N2O5/c1-24(2)23(11-12-25(3)18-10-8-7-9-17(18)23)15-30-22(26)16-13-19(27-4)21(29-6)20(14-16)28-5/h7-10,13-14H,11-12,15H2,1-6H3. The van der Waals surface area contributed by atoms with Crippen LogP contribution in [-0.2, 0) is 10.3 Å². The molecule has 0 bridgehead atoms. The highest BCUT2D eigenvalue weighted by Gasteiger charge is 2.41. The number of anilines is 1. The van der Waals surface area contributed by atoms with Crippen molar-refractivity contribution >= 4 is 11.7 Å². The molecule has 1 aliphatic heterocycles. The predicted molar refractivity (Wildman–Crippen MR) is 116 cm³/mol. The quantitative estimate of drug-likeness (QED) is 0.645. The first-order valence-electron chi connectivity index (χ1n) is 9.83. The zero-order chi connectivity index (χ0) is 21.9. The predicted octanol–water partition coefficient (Wildman–Crippen LogP) is 3.17. The van der Waals surface area contributed by atoms with Gasteiger partial charge in [0.15, 0.2) is 11.5 Å². The third kappa shape index (κ3) is 3.77. The average Bonchev–Trinajstić information content (AvgIpc) is 2.77. The van der Waals surface area contributed by atoms with Crippen LogP contribution in [0.25, 0.3) is 0 Å². The van der Waals surface area contributed by atoms with Gasteiger partial charge in [0.1, 0.15) is 6.61 Å². The molecule has 0 saturated carbocycles. The molecule has 0 aromatic heterocycles. The first kappa shape index (κ1) is 21.8. The van der Waals surface area contributed by atoms with Gasteiger partial charge in [-0.05, 0) is 44.3 Å². The molecule has 7 heteroatoms. The molecule has 1 aliphatic rings. The van der Waals surface area contributed by atoms with Crippen LogP contribution in [0.2, 0.25) is 0 Å². The van der Waals surface area contributed by atoms with Crippen LogP contribution in [0.5, 0.6) is 17.2 Å². The molecule has 0 spiro atoms. The van der Waals surface area contributed by atoms with Crippen LogP contribution in [0.3, 0.4) is 0 Å². The fourth-order valence-corrected chi connectivity index (χ4v) is 4.02. The average molecular weight is 415 g/mol. The van der Waals surface area contributed by atoms with Crippen molar-refractivity contribution in [2.75, 3.05) is 60.5 Å². The Bertz CT molecular complexity index is 889. The molecule has 30 heavy (non-hydrogen) atoms. The number of carbonyl (C=O) groups is 1. The van der Waals surface area contributed by atoms with Crippen molar-refractivity contribution < 1.29 is 23.7 Å². The van der Waals surface area contributed by atoms with E-state index in [9.17, 15) is 4.79 Å². The van der Waals surface area contributed by atoms with E-state index in [1.165, 1.54) is 21.3 Å². The van der Waals surface area contributed by atoms with Crippen molar-refractivity contribution in [3.63, 3.8) is 0 Å². The number of rotatable bonds is 7. The Kier molecular flexibility index (Phi) is 6.41. The van der Waals surface area contributed by atoms with E-state index in [0.717, 1.165) is 24.2 Å². The van der Waals surface area contributed by atoms with E-state index in [4.69, 9.17) is 18.9 Å². The van der Waals surface area contributed by atoms with Crippen LogP contribution in [0, 0.1) is 0 Å². The molecule has 162 valence electrons. The van der Waals surface area contributed by atoms with E-state index in [1.807, 2.05) is 26.2 Å². The lowest BCUT2D eigenvalue weighted by atomic mass is 9.81. The second kappa shape index (κ2) is 8.83. The molecule has 2 aromatic carbocycles. The Labute approximate surface area is 178 Å². The number of esters is 1. The van der Waals surface area contributed by atoms with E-state index in [2.05, 4.69) is 29.0 Å². The van der Waals surface area contributed by atoms with Crippen LogP contribution in [0.1, 0.15) is 22.3 Å². The van der Waals surface area contributed by atoms with Crippen molar-refractivity contribution in [1.29, 1.82) is 0 Å². The number of ether oxygens (including phenoxy) is 4. The maximum absolute atomic E-state index is 13.0. The Morgan fingerprint density at radius 2 is 1.70 bits per heavy atom. The second-order valence-corrected chi connectivity index (χ2v) is 7.60. The molecule has 2 aromatic rings. The largest absolute Gasteiger partial charge is 0.493 e. The minimum atomic E-state index is -0.438. The number of hydrogen-bond acceptors (Lipinski definition) is 7. The molecule has 0 N–H and O–H groups in total. The molecule has 1 unspecified atom stereocenters. The normalized spacial score (nSPS) is 18.0. The van der Waals surface area contributed by atoms with Crippen molar-refractivity contribution in [2.45, 2.75) is 12.0 Å². The highest BCUT2D eigenvalue weighted by atomic mass is 16.5. The van der Waals surface area contributed by atoms with Gasteiger partial charge in [0.05, 0.1) is 32.4 Å². The molecule has 0 fully saturated rings. The third-order valence-corrected chi connectivity index (χ3v) is 5.88. The molecule has 1 atom stereocenters. The summed E-state index contributed by atoms with van der Waals surface area (Å²) in [6.45, 7) is 1.11. The summed E-state index contributed by atoms with van der Waals surface area (Å²) < 4.78 is 21.9. The van der Waals surface area contributed by atoms with Gasteiger partial charge in [-0.15, -0.1) is 0 Å². The van der Waals surface area contributed by atoms with E-state index >= 15 is 0 Å². The molecule has 0 radical (unpaired) electrons. The van der Waals surface area contributed by atoms with Gasteiger partial charge in [0.2, 0.25) is 5.75 Å². The van der Waals surface area contributed by atoms with E-state index in [1.54, 1.807) is 12.1 Å². The summed E-state index contributed by atoms with van der Waals surface area (Å²) in [5, 5.41) is 0. The lowest BCUT2D eigenvalue weighted by Crippen LogP contribution is -2.51. The van der Waals surface area contributed by atoms with E-state index in [-0.39, 0.29) is 6.61 Å². The minimum Gasteiger partial charge on any atom is -0.493 e. The smallest absolute Gasteiger partial charge is 0.338 e. The van der Waals surface area contributed by atoms with Gasteiger partial charge >= 0.3 is 5.97 Å². The number of nitrogens with zero attached hydrogens (tertiary/aromatic N) is 2. The summed E-state index contributed by atoms with van der Waals surface area (Å²) >= 11 is 0. The number of carbonyl (C=O) groups excluding carboxylic acids is 1. The molecule has 3 rings (SSSR count). The number of hydrogen-bond donors (Lipinski definition) is 0. The van der Waals surface area contributed by atoms with Crippen LogP contribution in [-0.4, -0.2) is 66.5 Å². The van der Waals surface area contributed by atoms with E-state index < -0.39 is 11.5 Å². The van der Waals surface area contributed by atoms with Crippen molar-refractivity contribution in [3.05, 3.63) is 47.5 Å². The van der Waals surface area contributed by atoms with Crippen LogP contribution < -0.4 is 19.1 Å². The number of benzene rings is 2. The lowest BCUT2D eigenvalue weighted by molar-refractivity contribution is 0.00957. The highest BCUT2D eigenvalue weighted by molar-refractivity contribution is 5.91. The second-order valence-electron chi connectivity index (χ2n) is 7.60. The molecule has 0 aliphatic carbocycles. The third-order valence-electron chi connectivity index (χ3n) is 5.88. The maximum Gasteiger partial charge on any atom is 0.338 e. The maximum atomic E-state index is 13.0. The van der Waals surface area contributed by atoms with Gasteiger partial charge in [-0.25, -0.2) is 4.79 Å². The summed E-state index contributed by atoms with van der Waals surface area (Å²) in [5.74, 6) is 0.823. The van der Waals surface area contributed by atoms with Crippen LogP contribution in [0.4, 0.5) is 5.69 Å². The van der Waals surface area contributed by atoms with Crippen molar-refractivity contribution in [1.82, 2.24) is 4.90 Å². The molecular formula is C23H30N2O5. The van der Waals surface area contributed by atoms with Gasteiger partial charge in [0, 0.05) is 19.3 Å². The summed E-state index contributed by atoms with van der Waals surface area (Å²) in [7, 11) is 10.7. The van der Waals surface area contributed by atoms with Crippen LogP contribution in [0.15, 0.2) is 36.4 Å². The summed E-state index contributed by atoms with van der Waals surface area (Å²) in [4.78, 5) is 17.3. The van der Waals surface area contributed by atoms with Gasteiger partial charge in [-0.2, -0.15) is 0 Å². The number of para-hydroxylation sites is 1. The molecule has 0 amide bonds. The van der Waals surface area contributed by atoms with Gasteiger partial charge < -0.3 is 23.8 Å². The number of likely N-dealkylation sites (N-methyl/N-ethyl adjacent to an activating group) is 1. The minimum absolute atomic E-state index is 0.236. The summed E-state index contributed by atoms with van der Waals surface area (Å²) in [5.41, 5.74) is 2.25. The molecule has 0 saturated heterocycles. The summed E-state index contributed by atoms with van der Waals surface area (Å²) in [6.07, 6.45) is 0.843. The highest BCUT2D eigenvalue weighted by Crippen LogP contribution is 2.42. The zero-order valence-electron chi connectivity index (χ0n) is 18.5. The Hall–Kier alpha value is -2.93. The Morgan fingerprint density at radius 1 is 1.07 bits per heavy atom. The Balaban J connectivity index is 1.90. The van der Waals surface area contributed by atoms with Gasteiger partial charge in [0.25, 0.3) is 0 Å². The van der Waals surface area contributed by atoms with Gasteiger partial charge in [-0.1, -0.05) is 18.2 Å². The molecular weight excluding hydrogens is 384 g/mol. The lowest BCUT2D eigenvalue weighted by Gasteiger charge is -2.46. The number of fused-ring (bicyclic) bond motifs is 1. The monoisotopic (exact) mass is 414 g/mol. The van der Waals surface area contributed by atoms with Crippen molar-refractivity contribution in [2.24, 2.45) is 0 Å². The fourth-order valence-electron chi connectivity index (χ4n) is 4.02. The SMILES string of the molecule is COc1cc(C(=O)OCC2(N(C)C)CCN(C)c3ccccc32)cc(OC)c1OC. The summed E-state index contributed by atoms with van der Waals surface area (Å²) in [6, 6.07) is 11.5.